The number of hydrogen-bond acceptors (Lipinski definition) is 4. The third kappa shape index (κ3) is 8.65. The van der Waals surface area contributed by atoms with E-state index >= 15 is 0 Å². The van der Waals surface area contributed by atoms with Gasteiger partial charge in [0.25, 0.3) is 0 Å². The van der Waals surface area contributed by atoms with Crippen LogP contribution in [0.3, 0.4) is 0 Å². The number of carbonyl (C=O) groups excluding carboxylic acids is 3. The molecule has 34 heavy (non-hydrogen) atoms. The minimum absolute atomic E-state index is 0.0840. The van der Waals surface area contributed by atoms with Crippen molar-refractivity contribution in [3.8, 4) is 0 Å². The molecule has 3 atom stereocenters. The second-order valence-electron chi connectivity index (χ2n) is 10.5. The van der Waals surface area contributed by atoms with Crippen LogP contribution in [0, 0.1) is 5.92 Å². The van der Waals surface area contributed by atoms with Crippen LogP contribution in [0.2, 0.25) is 0 Å². The fourth-order valence-corrected chi connectivity index (χ4v) is 3.70. The first-order valence-electron chi connectivity index (χ1n) is 12.4. The number of amides is 3. The van der Waals surface area contributed by atoms with Gasteiger partial charge in [0, 0.05) is 12.1 Å². The fraction of sp³-hybridized carbons (Fsp3) is 0.667. The van der Waals surface area contributed by atoms with E-state index in [-0.39, 0.29) is 29.8 Å². The number of rotatable bonds is 10. The maximum Gasteiger partial charge on any atom is 0.408 e. The summed E-state index contributed by atoms with van der Waals surface area (Å²) in [6.07, 6.45) is 0.906. The number of nitrogens with one attached hydrogen (secondary N) is 2. The van der Waals surface area contributed by atoms with Gasteiger partial charge in [0.05, 0.1) is 0 Å². The average Bonchev–Trinajstić information content (AvgIpc) is 2.72. The average molecular weight is 476 g/mol. The number of alkyl carbamates (subject to hydrolysis) is 1. The molecule has 3 amide bonds. The van der Waals surface area contributed by atoms with Crippen molar-refractivity contribution in [3.63, 3.8) is 0 Å². The van der Waals surface area contributed by atoms with Crippen molar-refractivity contribution >= 4 is 17.9 Å². The Hall–Kier alpha value is -2.57. The van der Waals surface area contributed by atoms with Gasteiger partial charge in [0.1, 0.15) is 17.7 Å². The molecule has 0 spiro atoms. The molecule has 1 aromatic rings. The highest BCUT2D eigenvalue weighted by atomic mass is 16.6. The van der Waals surface area contributed by atoms with Crippen LogP contribution in [-0.2, 0) is 20.7 Å². The highest BCUT2D eigenvalue weighted by Crippen LogP contribution is 2.27. The highest BCUT2D eigenvalue weighted by Gasteiger charge is 2.39. The second kappa shape index (κ2) is 12.8. The Bertz CT molecular complexity index is 812. The van der Waals surface area contributed by atoms with Gasteiger partial charge in [-0.05, 0) is 71.9 Å². The lowest BCUT2D eigenvalue weighted by Gasteiger charge is -2.38. The number of nitrogens with zero attached hydrogens (tertiary/aromatic N) is 1. The largest absolute Gasteiger partial charge is 0.444 e. The Morgan fingerprint density at radius 3 is 1.91 bits per heavy atom. The van der Waals surface area contributed by atoms with Crippen LogP contribution < -0.4 is 10.6 Å². The van der Waals surface area contributed by atoms with Gasteiger partial charge >= 0.3 is 6.09 Å². The molecule has 0 aliphatic carbocycles. The zero-order valence-corrected chi connectivity index (χ0v) is 22.7. The summed E-state index contributed by atoms with van der Waals surface area (Å²) in [5.41, 5.74) is 1.20. The van der Waals surface area contributed by atoms with E-state index in [4.69, 9.17) is 4.74 Å². The van der Waals surface area contributed by atoms with Gasteiger partial charge in [0.2, 0.25) is 11.8 Å². The quantitative estimate of drug-likeness (QED) is 0.499. The van der Waals surface area contributed by atoms with Crippen molar-refractivity contribution in [1.29, 1.82) is 0 Å². The summed E-state index contributed by atoms with van der Waals surface area (Å²) in [5, 5.41) is 5.75. The predicted octanol–water partition coefficient (Wildman–Crippen LogP) is 4.99. The standard InChI is InChI=1S/C27H45N3O4/c1-11-19(7)22(29-26(33)34-27(8,9)10)25(32)30(18(5)6)23(24(31)28-17(3)4)21-15-13-20(12-2)14-16-21/h13-19,22-23H,11-12H2,1-10H3,(H,28,31)(H,29,33). The van der Waals surface area contributed by atoms with E-state index in [9.17, 15) is 14.4 Å². The van der Waals surface area contributed by atoms with Gasteiger partial charge in [-0.25, -0.2) is 4.79 Å². The molecule has 0 aliphatic heterocycles. The van der Waals surface area contributed by atoms with E-state index in [0.717, 1.165) is 17.5 Å². The molecule has 0 saturated carbocycles. The predicted molar refractivity (Wildman–Crippen MR) is 136 cm³/mol. The van der Waals surface area contributed by atoms with Gasteiger partial charge in [0.15, 0.2) is 0 Å². The third-order valence-electron chi connectivity index (χ3n) is 5.62. The van der Waals surface area contributed by atoms with E-state index in [1.165, 1.54) is 0 Å². The lowest BCUT2D eigenvalue weighted by atomic mass is 9.94. The second-order valence-corrected chi connectivity index (χ2v) is 10.5. The fourth-order valence-electron chi connectivity index (χ4n) is 3.70. The zero-order chi connectivity index (χ0) is 26.2. The first-order valence-corrected chi connectivity index (χ1v) is 12.4. The van der Waals surface area contributed by atoms with Gasteiger partial charge in [-0.15, -0.1) is 0 Å². The monoisotopic (exact) mass is 475 g/mol. The first kappa shape index (κ1) is 29.5. The molecule has 0 aliphatic rings. The highest BCUT2D eigenvalue weighted by molar-refractivity contribution is 5.92. The third-order valence-corrected chi connectivity index (χ3v) is 5.62. The van der Waals surface area contributed by atoms with Crippen molar-refractivity contribution in [2.75, 3.05) is 0 Å². The van der Waals surface area contributed by atoms with Crippen molar-refractivity contribution in [3.05, 3.63) is 35.4 Å². The Balaban J connectivity index is 3.48. The van der Waals surface area contributed by atoms with Crippen LogP contribution in [0.15, 0.2) is 24.3 Å². The topological polar surface area (TPSA) is 87.7 Å². The van der Waals surface area contributed by atoms with E-state index in [0.29, 0.717) is 6.42 Å². The Kier molecular flexibility index (Phi) is 11.1. The molecule has 3 unspecified atom stereocenters. The lowest BCUT2D eigenvalue weighted by molar-refractivity contribution is -0.145. The van der Waals surface area contributed by atoms with E-state index < -0.39 is 23.8 Å². The molecule has 2 N–H and O–H groups in total. The van der Waals surface area contributed by atoms with Crippen molar-refractivity contribution in [1.82, 2.24) is 15.5 Å². The van der Waals surface area contributed by atoms with Gasteiger partial charge in [-0.1, -0.05) is 51.5 Å². The smallest absolute Gasteiger partial charge is 0.408 e. The molecule has 7 heteroatoms. The van der Waals surface area contributed by atoms with Crippen LogP contribution >= 0.6 is 0 Å². The van der Waals surface area contributed by atoms with Crippen LogP contribution in [0.25, 0.3) is 0 Å². The van der Waals surface area contributed by atoms with Crippen LogP contribution in [0.1, 0.15) is 92.8 Å². The molecule has 0 fully saturated rings. The summed E-state index contributed by atoms with van der Waals surface area (Å²) in [6, 6.07) is 5.77. The number of aryl methyl sites for hydroxylation is 1. The summed E-state index contributed by atoms with van der Waals surface area (Å²) in [6.45, 7) is 18.8. The molecule has 1 rings (SSSR count). The maximum absolute atomic E-state index is 14.0. The molecular weight excluding hydrogens is 430 g/mol. The van der Waals surface area contributed by atoms with Crippen LogP contribution in [-0.4, -0.2) is 46.5 Å². The number of ether oxygens (including phenoxy) is 1. The van der Waals surface area contributed by atoms with E-state index in [2.05, 4.69) is 17.6 Å². The molecule has 1 aromatic carbocycles. The maximum atomic E-state index is 14.0. The lowest BCUT2D eigenvalue weighted by Crippen LogP contribution is -2.57. The number of carbonyl (C=O) groups is 3. The summed E-state index contributed by atoms with van der Waals surface area (Å²) in [4.78, 5) is 41.6. The van der Waals surface area contributed by atoms with Crippen LogP contribution in [0.4, 0.5) is 4.79 Å². The van der Waals surface area contributed by atoms with Crippen molar-refractivity contribution in [2.45, 2.75) is 112 Å². The number of hydrogen-bond donors (Lipinski definition) is 2. The molecule has 0 radical (unpaired) electrons. The zero-order valence-electron chi connectivity index (χ0n) is 22.7. The van der Waals surface area contributed by atoms with E-state index in [1.807, 2.05) is 65.8 Å². The Morgan fingerprint density at radius 2 is 1.50 bits per heavy atom. The van der Waals surface area contributed by atoms with Gasteiger partial charge in [-0.2, -0.15) is 0 Å². The summed E-state index contributed by atoms with van der Waals surface area (Å²) in [5.74, 6) is -0.710. The van der Waals surface area contributed by atoms with Crippen LogP contribution in [0.5, 0.6) is 0 Å². The van der Waals surface area contributed by atoms with Crippen molar-refractivity contribution in [2.24, 2.45) is 5.92 Å². The summed E-state index contributed by atoms with van der Waals surface area (Å²) >= 11 is 0. The molecule has 192 valence electrons. The van der Waals surface area contributed by atoms with Gasteiger partial charge in [-0.3, -0.25) is 9.59 Å². The molecule has 7 nitrogen and oxygen atoms in total. The summed E-state index contributed by atoms with van der Waals surface area (Å²) in [7, 11) is 0. The molecule has 0 heterocycles. The van der Waals surface area contributed by atoms with Crippen molar-refractivity contribution < 1.29 is 19.1 Å². The Labute approximate surface area is 206 Å². The normalized spacial score (nSPS) is 14.4. The molecule has 0 aromatic heterocycles. The van der Waals surface area contributed by atoms with Gasteiger partial charge < -0.3 is 20.3 Å². The minimum atomic E-state index is -0.827. The molecule has 0 saturated heterocycles. The number of benzene rings is 1. The SMILES string of the molecule is CCc1ccc(C(C(=O)NC(C)C)N(C(=O)C(NC(=O)OC(C)(C)C)C(C)CC)C(C)C)cc1. The van der Waals surface area contributed by atoms with E-state index in [1.54, 1.807) is 25.7 Å². The molecule has 0 bridgehead atoms. The molecular formula is C27H45N3O4. The first-order chi connectivity index (χ1) is 15.7. The summed E-state index contributed by atoms with van der Waals surface area (Å²) < 4.78 is 5.42. The Morgan fingerprint density at radius 1 is 0.941 bits per heavy atom. The minimum Gasteiger partial charge on any atom is -0.444 e.